The van der Waals surface area contributed by atoms with Crippen LogP contribution in [-0.4, -0.2) is 17.3 Å². The van der Waals surface area contributed by atoms with Crippen molar-refractivity contribution >= 4 is 27.5 Å². The number of methoxy groups -OCH3 is 1. The fourth-order valence-electron chi connectivity index (χ4n) is 1.38. The first-order chi connectivity index (χ1) is 7.22. The number of ether oxygens (including phenoxy) is 1. The van der Waals surface area contributed by atoms with Gasteiger partial charge in [0.05, 0.1) is 17.8 Å². The smallest absolute Gasteiger partial charge is 0.141 e. The largest absolute Gasteiger partial charge is 0.495 e. The van der Waals surface area contributed by atoms with E-state index in [-0.39, 0.29) is 0 Å². The molecule has 0 spiro atoms. The zero-order chi connectivity index (χ0) is 10.8. The summed E-state index contributed by atoms with van der Waals surface area (Å²) in [4.78, 5) is 0. The Labute approximate surface area is 101 Å². The molecule has 0 bridgehead atoms. The Morgan fingerprint density at radius 1 is 1.47 bits per heavy atom. The Bertz CT molecular complexity index is 471. The molecular weight excluding hydrogens is 279 g/mol. The van der Waals surface area contributed by atoms with Crippen LogP contribution in [0.1, 0.15) is 0 Å². The summed E-state index contributed by atoms with van der Waals surface area (Å²) >= 11 is 9.38. The van der Waals surface area contributed by atoms with Crippen LogP contribution < -0.4 is 4.74 Å². The quantitative estimate of drug-likeness (QED) is 0.918. The molecule has 0 unspecified atom stereocenters. The Morgan fingerprint density at radius 3 is 2.87 bits per heavy atom. The van der Waals surface area contributed by atoms with Crippen molar-refractivity contribution in [3.05, 3.63) is 34.0 Å². The molecule has 0 aliphatic rings. The molecule has 3 nitrogen and oxygen atoms in total. The van der Waals surface area contributed by atoms with Crippen LogP contribution in [0.5, 0.6) is 5.75 Å². The van der Waals surface area contributed by atoms with E-state index >= 15 is 0 Å². The highest BCUT2D eigenvalue weighted by atomic mass is 79.9. The molecule has 0 saturated heterocycles. The van der Waals surface area contributed by atoms with E-state index in [0.717, 1.165) is 21.3 Å². The summed E-state index contributed by atoms with van der Waals surface area (Å²) in [5.41, 5.74) is 1.85. The van der Waals surface area contributed by atoms with E-state index in [2.05, 4.69) is 26.1 Å². The summed E-state index contributed by atoms with van der Waals surface area (Å²) in [5, 5.41) is 7.30. The zero-order valence-electron chi connectivity index (χ0n) is 7.92. The summed E-state index contributed by atoms with van der Waals surface area (Å²) in [6.07, 6.45) is 3.52. The molecule has 0 atom stereocenters. The lowest BCUT2D eigenvalue weighted by molar-refractivity contribution is 0.414. The van der Waals surface area contributed by atoms with Gasteiger partial charge in [0.2, 0.25) is 0 Å². The Hall–Kier alpha value is -1.00. The van der Waals surface area contributed by atoms with Gasteiger partial charge in [-0.2, -0.15) is 5.10 Å². The zero-order valence-corrected chi connectivity index (χ0v) is 10.3. The van der Waals surface area contributed by atoms with Crippen molar-refractivity contribution in [1.82, 2.24) is 10.2 Å². The number of hydrogen-bond donors (Lipinski definition) is 1. The van der Waals surface area contributed by atoms with E-state index in [1.165, 1.54) is 0 Å². The Kier molecular flexibility index (Phi) is 2.98. The van der Waals surface area contributed by atoms with E-state index < -0.39 is 0 Å². The number of halogens is 2. The molecule has 1 heterocycles. The molecule has 2 rings (SSSR count). The summed E-state index contributed by atoms with van der Waals surface area (Å²) < 4.78 is 6.14. The first-order valence-corrected chi connectivity index (χ1v) is 5.41. The minimum atomic E-state index is 0.652. The van der Waals surface area contributed by atoms with Gasteiger partial charge in [-0.1, -0.05) is 11.6 Å². The third-order valence-electron chi connectivity index (χ3n) is 2.02. The Balaban J connectivity index is 2.64. The van der Waals surface area contributed by atoms with Gasteiger partial charge in [0, 0.05) is 22.3 Å². The minimum Gasteiger partial charge on any atom is -0.495 e. The van der Waals surface area contributed by atoms with Crippen molar-refractivity contribution in [3.63, 3.8) is 0 Å². The van der Waals surface area contributed by atoms with Crippen molar-refractivity contribution in [3.8, 4) is 16.9 Å². The maximum absolute atomic E-state index is 5.98. The third-order valence-corrected chi connectivity index (χ3v) is 2.83. The predicted molar refractivity (Wildman–Crippen MR) is 63.3 cm³/mol. The highest BCUT2D eigenvalue weighted by Gasteiger charge is 2.11. The van der Waals surface area contributed by atoms with Crippen LogP contribution in [0.3, 0.4) is 0 Å². The van der Waals surface area contributed by atoms with Crippen LogP contribution in [0.4, 0.5) is 0 Å². The first kappa shape index (κ1) is 10.5. The van der Waals surface area contributed by atoms with Gasteiger partial charge >= 0.3 is 0 Å². The lowest BCUT2D eigenvalue weighted by Gasteiger charge is -2.09. The van der Waals surface area contributed by atoms with Crippen molar-refractivity contribution in [2.45, 2.75) is 0 Å². The summed E-state index contributed by atoms with van der Waals surface area (Å²) in [6.45, 7) is 0. The van der Waals surface area contributed by atoms with Gasteiger partial charge in [-0.15, -0.1) is 0 Å². The second kappa shape index (κ2) is 4.24. The van der Waals surface area contributed by atoms with Crippen LogP contribution >= 0.6 is 27.5 Å². The average Bonchev–Trinajstić information content (AvgIpc) is 2.69. The Morgan fingerprint density at radius 2 is 2.27 bits per heavy atom. The lowest BCUT2D eigenvalue weighted by atomic mass is 10.1. The molecule has 0 amide bonds. The number of benzene rings is 1. The van der Waals surface area contributed by atoms with Gasteiger partial charge in [0.15, 0.2) is 0 Å². The normalized spacial score (nSPS) is 10.3. The number of nitrogens with one attached hydrogen (secondary N) is 1. The van der Waals surface area contributed by atoms with E-state index in [4.69, 9.17) is 16.3 Å². The van der Waals surface area contributed by atoms with Crippen molar-refractivity contribution < 1.29 is 4.74 Å². The van der Waals surface area contributed by atoms with Gasteiger partial charge in [0.1, 0.15) is 5.75 Å². The van der Waals surface area contributed by atoms with Crippen molar-refractivity contribution in [2.24, 2.45) is 0 Å². The lowest BCUT2D eigenvalue weighted by Crippen LogP contribution is -1.88. The molecule has 1 N–H and O–H groups in total. The fraction of sp³-hybridized carbons (Fsp3) is 0.100. The number of rotatable bonds is 2. The fourth-order valence-corrected chi connectivity index (χ4v) is 2.35. The molecule has 0 aliphatic carbocycles. The number of aromatic amines is 1. The van der Waals surface area contributed by atoms with Crippen LogP contribution in [0.25, 0.3) is 11.1 Å². The number of H-pyrrole nitrogens is 1. The first-order valence-electron chi connectivity index (χ1n) is 4.24. The van der Waals surface area contributed by atoms with Gasteiger partial charge in [-0.05, 0) is 28.1 Å². The van der Waals surface area contributed by atoms with E-state index in [1.54, 1.807) is 25.6 Å². The molecule has 0 saturated carbocycles. The predicted octanol–water partition coefficient (Wildman–Crippen LogP) is 3.50. The van der Waals surface area contributed by atoms with E-state index in [9.17, 15) is 0 Å². The monoisotopic (exact) mass is 286 g/mol. The van der Waals surface area contributed by atoms with Crippen LogP contribution in [0.15, 0.2) is 29.0 Å². The maximum Gasteiger partial charge on any atom is 0.141 e. The van der Waals surface area contributed by atoms with E-state index in [0.29, 0.717) is 5.02 Å². The second-order valence-corrected chi connectivity index (χ2v) is 4.25. The van der Waals surface area contributed by atoms with E-state index in [1.807, 2.05) is 6.07 Å². The molecule has 0 radical (unpaired) electrons. The SMILES string of the molecule is COc1c(Br)cc(Cl)cc1-c1cn[nH]c1. The standard InChI is InChI=1S/C10H8BrClN2O/c1-15-10-8(6-4-13-14-5-6)2-7(12)3-9(10)11/h2-5H,1H3,(H,13,14). The summed E-state index contributed by atoms with van der Waals surface area (Å²) in [7, 11) is 1.62. The van der Waals surface area contributed by atoms with Gasteiger partial charge in [0.25, 0.3) is 0 Å². The number of hydrogen-bond acceptors (Lipinski definition) is 2. The van der Waals surface area contributed by atoms with Gasteiger partial charge < -0.3 is 4.74 Å². The third kappa shape index (κ3) is 2.01. The molecule has 78 valence electrons. The summed E-state index contributed by atoms with van der Waals surface area (Å²) in [5.74, 6) is 0.751. The molecular formula is C10H8BrClN2O. The van der Waals surface area contributed by atoms with Crippen LogP contribution in [0.2, 0.25) is 5.02 Å². The van der Waals surface area contributed by atoms with Gasteiger partial charge in [-0.3, -0.25) is 5.10 Å². The van der Waals surface area contributed by atoms with Crippen molar-refractivity contribution in [2.75, 3.05) is 7.11 Å². The second-order valence-electron chi connectivity index (χ2n) is 2.96. The topological polar surface area (TPSA) is 37.9 Å². The molecule has 15 heavy (non-hydrogen) atoms. The molecule has 2 aromatic rings. The molecule has 1 aromatic heterocycles. The molecule has 1 aromatic carbocycles. The van der Waals surface area contributed by atoms with Crippen LogP contribution in [0, 0.1) is 0 Å². The maximum atomic E-state index is 5.98. The molecule has 5 heteroatoms. The number of aromatic nitrogens is 2. The van der Waals surface area contributed by atoms with Gasteiger partial charge in [-0.25, -0.2) is 0 Å². The average molecular weight is 288 g/mol. The van der Waals surface area contributed by atoms with Crippen LogP contribution in [-0.2, 0) is 0 Å². The highest BCUT2D eigenvalue weighted by Crippen LogP contribution is 2.38. The highest BCUT2D eigenvalue weighted by molar-refractivity contribution is 9.10. The minimum absolute atomic E-state index is 0.652. The molecule has 0 fully saturated rings. The van der Waals surface area contributed by atoms with Crippen molar-refractivity contribution in [1.29, 1.82) is 0 Å². The summed E-state index contributed by atoms with van der Waals surface area (Å²) in [6, 6.07) is 3.64. The molecule has 0 aliphatic heterocycles. The number of nitrogens with zero attached hydrogens (tertiary/aromatic N) is 1.